The third-order valence-electron chi connectivity index (χ3n) is 5.03. The second-order valence-corrected chi connectivity index (χ2v) is 9.94. The van der Waals surface area contributed by atoms with Crippen molar-refractivity contribution >= 4 is 39.0 Å². The van der Waals surface area contributed by atoms with Gasteiger partial charge in [-0.2, -0.15) is 0 Å². The van der Waals surface area contributed by atoms with Crippen molar-refractivity contribution in [3.63, 3.8) is 0 Å². The average Bonchev–Trinajstić information content (AvgIpc) is 2.94. The standard InChI is InChI=1S/C23H28N2O4S/c1-13(2)18-9-15(10-19(14(3)4)22(18)29-5)11-20-17-8-7-16(25-30(6,27)28)12-21(17)24-23(20)26/h7-14,25H,1-6H3,(H,24,26)/b20-11-. The van der Waals surface area contributed by atoms with Gasteiger partial charge in [-0.3, -0.25) is 9.52 Å². The highest BCUT2D eigenvalue weighted by Gasteiger charge is 2.25. The molecule has 0 spiro atoms. The Labute approximate surface area is 178 Å². The summed E-state index contributed by atoms with van der Waals surface area (Å²) >= 11 is 0. The Kier molecular flexibility index (Phi) is 5.94. The van der Waals surface area contributed by atoms with E-state index in [0.29, 0.717) is 16.9 Å². The first-order chi connectivity index (χ1) is 14.0. The van der Waals surface area contributed by atoms with Crippen LogP contribution in [-0.2, 0) is 14.8 Å². The van der Waals surface area contributed by atoms with E-state index < -0.39 is 10.0 Å². The van der Waals surface area contributed by atoms with Gasteiger partial charge in [-0.15, -0.1) is 0 Å². The molecule has 2 N–H and O–H groups in total. The quantitative estimate of drug-likeness (QED) is 0.647. The highest BCUT2D eigenvalue weighted by molar-refractivity contribution is 7.92. The van der Waals surface area contributed by atoms with Crippen molar-refractivity contribution in [1.82, 2.24) is 0 Å². The Morgan fingerprint density at radius 3 is 2.13 bits per heavy atom. The van der Waals surface area contributed by atoms with Crippen molar-refractivity contribution in [1.29, 1.82) is 0 Å². The van der Waals surface area contributed by atoms with Crippen LogP contribution < -0.4 is 14.8 Å². The van der Waals surface area contributed by atoms with Gasteiger partial charge in [0.15, 0.2) is 0 Å². The second kappa shape index (κ2) is 8.14. The molecular weight excluding hydrogens is 400 g/mol. The molecule has 160 valence electrons. The minimum absolute atomic E-state index is 0.213. The van der Waals surface area contributed by atoms with Crippen LogP contribution >= 0.6 is 0 Å². The summed E-state index contributed by atoms with van der Waals surface area (Å²) in [6, 6.07) is 9.16. The molecule has 6 nitrogen and oxygen atoms in total. The van der Waals surface area contributed by atoms with Gasteiger partial charge >= 0.3 is 0 Å². The zero-order valence-corrected chi connectivity index (χ0v) is 19.0. The number of carbonyl (C=O) groups is 1. The third-order valence-corrected chi connectivity index (χ3v) is 5.64. The van der Waals surface area contributed by atoms with E-state index in [9.17, 15) is 13.2 Å². The molecule has 0 radical (unpaired) electrons. The van der Waals surface area contributed by atoms with Crippen LogP contribution in [0.3, 0.4) is 0 Å². The smallest absolute Gasteiger partial charge is 0.256 e. The van der Waals surface area contributed by atoms with E-state index in [1.54, 1.807) is 25.3 Å². The van der Waals surface area contributed by atoms with E-state index in [4.69, 9.17) is 4.74 Å². The molecule has 3 rings (SSSR count). The van der Waals surface area contributed by atoms with Crippen molar-refractivity contribution in [2.24, 2.45) is 0 Å². The molecule has 1 aliphatic rings. The molecule has 0 aromatic heterocycles. The number of rotatable bonds is 6. The van der Waals surface area contributed by atoms with Crippen molar-refractivity contribution < 1.29 is 17.9 Å². The van der Waals surface area contributed by atoms with Crippen LogP contribution in [0.1, 0.15) is 61.8 Å². The average molecular weight is 429 g/mol. The first kappa shape index (κ1) is 21.9. The molecule has 1 heterocycles. The topological polar surface area (TPSA) is 84.5 Å². The molecule has 30 heavy (non-hydrogen) atoms. The van der Waals surface area contributed by atoms with E-state index in [1.807, 2.05) is 6.08 Å². The SMILES string of the molecule is COc1c(C(C)C)cc(/C=C2\C(=O)Nc3cc(NS(C)(=O)=O)ccc32)cc1C(C)C. The van der Waals surface area contributed by atoms with E-state index in [2.05, 4.69) is 49.9 Å². The summed E-state index contributed by atoms with van der Waals surface area (Å²) in [5.74, 6) is 1.22. The summed E-state index contributed by atoms with van der Waals surface area (Å²) in [5, 5.41) is 2.82. The van der Waals surface area contributed by atoms with Gasteiger partial charge in [0, 0.05) is 11.1 Å². The molecule has 1 amide bonds. The highest BCUT2D eigenvalue weighted by atomic mass is 32.2. The molecule has 2 aromatic rings. The first-order valence-corrected chi connectivity index (χ1v) is 11.8. The van der Waals surface area contributed by atoms with Crippen molar-refractivity contribution in [3.8, 4) is 5.75 Å². The number of sulfonamides is 1. The van der Waals surface area contributed by atoms with Crippen molar-refractivity contribution in [2.45, 2.75) is 39.5 Å². The molecule has 0 fully saturated rings. The van der Waals surface area contributed by atoms with Gasteiger partial charge < -0.3 is 10.1 Å². The lowest BCUT2D eigenvalue weighted by atomic mass is 9.90. The molecule has 0 bridgehead atoms. The number of nitrogens with one attached hydrogen (secondary N) is 2. The lowest BCUT2D eigenvalue weighted by molar-refractivity contribution is -0.110. The monoisotopic (exact) mass is 428 g/mol. The zero-order chi connectivity index (χ0) is 22.2. The minimum atomic E-state index is -3.39. The summed E-state index contributed by atoms with van der Waals surface area (Å²) in [7, 11) is -1.70. The van der Waals surface area contributed by atoms with Gasteiger partial charge in [-0.1, -0.05) is 27.7 Å². The number of carbonyl (C=O) groups excluding carboxylic acids is 1. The minimum Gasteiger partial charge on any atom is -0.496 e. The fraction of sp³-hybridized carbons (Fsp3) is 0.348. The Balaban J connectivity index is 2.09. The lowest BCUT2D eigenvalue weighted by Gasteiger charge is -2.19. The van der Waals surface area contributed by atoms with Gasteiger partial charge in [0.2, 0.25) is 10.0 Å². The predicted octanol–water partition coefficient (Wildman–Crippen LogP) is 4.81. The molecule has 0 atom stereocenters. The number of fused-ring (bicyclic) bond motifs is 1. The van der Waals surface area contributed by atoms with Crippen LogP contribution in [0.4, 0.5) is 11.4 Å². The van der Waals surface area contributed by atoms with Gasteiger partial charge in [0.1, 0.15) is 5.75 Å². The van der Waals surface area contributed by atoms with Crippen LogP contribution in [-0.4, -0.2) is 27.7 Å². The molecule has 7 heteroatoms. The number of hydrogen-bond acceptors (Lipinski definition) is 4. The van der Waals surface area contributed by atoms with Gasteiger partial charge in [0.05, 0.1) is 24.7 Å². The normalized spacial score (nSPS) is 14.9. The number of hydrogen-bond donors (Lipinski definition) is 2. The van der Waals surface area contributed by atoms with Gasteiger partial charge in [-0.05, 0) is 64.9 Å². The van der Waals surface area contributed by atoms with E-state index >= 15 is 0 Å². The van der Waals surface area contributed by atoms with Crippen LogP contribution in [0.25, 0.3) is 11.6 Å². The molecule has 0 unspecified atom stereocenters. The lowest BCUT2D eigenvalue weighted by Crippen LogP contribution is -2.09. The first-order valence-electron chi connectivity index (χ1n) is 9.87. The molecule has 1 aliphatic heterocycles. The molecule has 0 saturated heterocycles. The molecule has 2 aromatic carbocycles. The van der Waals surface area contributed by atoms with Crippen molar-refractivity contribution in [3.05, 3.63) is 52.6 Å². The van der Waals surface area contributed by atoms with Gasteiger partial charge in [0.25, 0.3) is 5.91 Å². The fourth-order valence-electron chi connectivity index (χ4n) is 3.66. The number of anilines is 2. The number of ether oxygens (including phenoxy) is 1. The fourth-order valence-corrected chi connectivity index (χ4v) is 4.21. The van der Waals surface area contributed by atoms with Crippen LogP contribution in [0, 0.1) is 0 Å². The largest absolute Gasteiger partial charge is 0.496 e. The predicted molar refractivity (Wildman–Crippen MR) is 123 cm³/mol. The summed E-state index contributed by atoms with van der Waals surface area (Å²) in [5.41, 5.74) is 5.41. The second-order valence-electron chi connectivity index (χ2n) is 8.19. The highest BCUT2D eigenvalue weighted by Crippen LogP contribution is 2.39. The zero-order valence-electron chi connectivity index (χ0n) is 18.2. The Morgan fingerprint density at radius 1 is 1.03 bits per heavy atom. The van der Waals surface area contributed by atoms with E-state index in [1.165, 1.54) is 0 Å². The summed E-state index contributed by atoms with van der Waals surface area (Å²) in [4.78, 5) is 12.7. The van der Waals surface area contributed by atoms with Crippen LogP contribution in [0.15, 0.2) is 30.3 Å². The molecular formula is C23H28N2O4S. The number of amides is 1. The summed E-state index contributed by atoms with van der Waals surface area (Å²) < 4.78 is 31.1. The molecule has 0 saturated carbocycles. The van der Waals surface area contributed by atoms with Gasteiger partial charge in [-0.25, -0.2) is 8.42 Å². The Bertz CT molecular complexity index is 1100. The maximum Gasteiger partial charge on any atom is 0.256 e. The molecule has 0 aliphatic carbocycles. The number of methoxy groups -OCH3 is 1. The summed E-state index contributed by atoms with van der Waals surface area (Å²) in [6.07, 6.45) is 2.97. The Morgan fingerprint density at radius 2 is 1.63 bits per heavy atom. The number of benzene rings is 2. The van der Waals surface area contributed by atoms with Crippen LogP contribution in [0.2, 0.25) is 0 Å². The maximum atomic E-state index is 12.7. The third kappa shape index (κ3) is 4.51. The Hall–Kier alpha value is -2.80. The van der Waals surface area contributed by atoms with E-state index in [0.717, 1.165) is 34.3 Å². The van der Waals surface area contributed by atoms with E-state index in [-0.39, 0.29) is 17.7 Å². The van der Waals surface area contributed by atoms with Crippen LogP contribution in [0.5, 0.6) is 5.75 Å². The maximum absolute atomic E-state index is 12.7. The summed E-state index contributed by atoms with van der Waals surface area (Å²) in [6.45, 7) is 8.47. The van der Waals surface area contributed by atoms with Crippen molar-refractivity contribution in [2.75, 3.05) is 23.4 Å².